The van der Waals surface area contributed by atoms with Gasteiger partial charge in [0.25, 0.3) is 6.26 Å². The van der Waals surface area contributed by atoms with Crippen LogP contribution in [-0.4, -0.2) is 16.4 Å². The molecule has 1 atom stereocenters. The van der Waals surface area contributed by atoms with E-state index in [4.69, 9.17) is 27.3 Å². The first-order chi connectivity index (χ1) is 17.0. The van der Waals surface area contributed by atoms with E-state index in [1.165, 1.54) is 29.7 Å². The zero-order chi connectivity index (χ0) is 27.0. The Balaban J connectivity index is 0.000000425. The Labute approximate surface area is 211 Å². The van der Waals surface area contributed by atoms with Crippen LogP contribution in [-0.2, 0) is 17.3 Å². The van der Waals surface area contributed by atoms with Gasteiger partial charge >= 0.3 is 6.18 Å². The van der Waals surface area contributed by atoms with Crippen molar-refractivity contribution in [3.8, 4) is 12.3 Å². The van der Waals surface area contributed by atoms with Gasteiger partial charge in [-0.05, 0) is 43.2 Å². The van der Waals surface area contributed by atoms with Gasteiger partial charge in [-0.3, -0.25) is 0 Å². The van der Waals surface area contributed by atoms with Crippen LogP contribution in [0.25, 0.3) is 0 Å². The number of nitrogens with two attached hydrogens (primary N) is 1. The van der Waals surface area contributed by atoms with E-state index in [0.717, 1.165) is 6.42 Å². The minimum Gasteiger partial charge on any atom is -0.390 e. The third-order valence-corrected chi connectivity index (χ3v) is 5.52. The fourth-order valence-corrected chi connectivity index (χ4v) is 3.58. The van der Waals surface area contributed by atoms with E-state index in [1.807, 2.05) is 6.07 Å². The molecule has 188 valence electrons. The van der Waals surface area contributed by atoms with Crippen molar-refractivity contribution in [1.29, 1.82) is 10.5 Å². The maximum Gasteiger partial charge on any atom is 0.416 e. The molecule has 2 N–H and O–H groups in total. The summed E-state index contributed by atoms with van der Waals surface area (Å²) in [5.74, 6) is -2.64. The first-order valence-corrected chi connectivity index (χ1v) is 10.9. The van der Waals surface area contributed by atoms with Crippen LogP contribution in [0.4, 0.5) is 17.6 Å². The third kappa shape index (κ3) is 6.35. The van der Waals surface area contributed by atoms with Crippen molar-refractivity contribution in [2.24, 2.45) is 5.73 Å². The van der Waals surface area contributed by atoms with Crippen molar-refractivity contribution < 1.29 is 22.3 Å². The summed E-state index contributed by atoms with van der Waals surface area (Å²) in [6.45, 7) is 7.30. The molecule has 0 radical (unpaired) electrons. The molecule has 0 spiro atoms. The van der Waals surface area contributed by atoms with Crippen LogP contribution < -0.4 is 5.73 Å². The number of alkyl halides is 3. The van der Waals surface area contributed by atoms with Crippen molar-refractivity contribution in [2.45, 2.75) is 32.4 Å². The predicted octanol–water partition coefficient (Wildman–Crippen LogP) is 6.15. The van der Waals surface area contributed by atoms with Crippen molar-refractivity contribution in [1.82, 2.24) is 9.88 Å². The molecule has 0 fully saturated rings. The Morgan fingerprint density at radius 2 is 1.97 bits per heavy atom. The predicted molar refractivity (Wildman–Crippen MR) is 126 cm³/mol. The van der Waals surface area contributed by atoms with Crippen molar-refractivity contribution >= 4 is 11.6 Å². The number of benzene rings is 1. The van der Waals surface area contributed by atoms with E-state index in [-0.39, 0.29) is 29.4 Å². The average Bonchev–Trinajstić information content (AvgIpc) is 2.84. The van der Waals surface area contributed by atoms with Crippen molar-refractivity contribution in [3.05, 3.63) is 99.7 Å². The molecule has 3 rings (SSSR count). The van der Waals surface area contributed by atoms with Gasteiger partial charge in [-0.1, -0.05) is 30.7 Å². The summed E-state index contributed by atoms with van der Waals surface area (Å²) in [6.07, 6.45) is 0.992. The van der Waals surface area contributed by atoms with Gasteiger partial charge in [0, 0.05) is 18.3 Å². The number of aryl methyl sites for hydroxylation is 1. The summed E-state index contributed by atoms with van der Waals surface area (Å²) >= 11 is 5.56. The molecule has 0 saturated carbocycles. The minimum absolute atomic E-state index is 0.0815. The standard InChI is InChI=1S/C18H14F4N4O.C7H8ClN/c1-3-6-26-10(2)16(27-9-24)15(13(8-23)17(26)25)12-7-11(18(20,21)22)4-5-14(12)19;1-2-6-3-4-7(8)9-5-6/h3-5,7,15H,1,6,25H2,2H3;3-5H,2H2,1H3. The Kier molecular flexibility index (Phi) is 9.48. The number of nitrogens with zero attached hydrogens (tertiary/aromatic N) is 4. The second-order valence-corrected chi connectivity index (χ2v) is 7.85. The van der Waals surface area contributed by atoms with Gasteiger partial charge in [-0.2, -0.15) is 18.4 Å². The van der Waals surface area contributed by atoms with Gasteiger partial charge in [0.1, 0.15) is 16.8 Å². The van der Waals surface area contributed by atoms with Crippen LogP contribution in [0.5, 0.6) is 0 Å². The van der Waals surface area contributed by atoms with E-state index < -0.39 is 29.0 Å². The molecule has 2 aromatic rings. The van der Waals surface area contributed by atoms with Gasteiger partial charge in [-0.15, -0.1) is 11.8 Å². The van der Waals surface area contributed by atoms with E-state index in [0.29, 0.717) is 23.4 Å². The molecule has 0 bridgehead atoms. The SMILES string of the molecule is C=CCN1C(C)=C(OC#N)C(c2cc(C(F)(F)F)ccc2F)C(C#N)=C1N.CCc1ccc(Cl)nc1. The summed E-state index contributed by atoms with van der Waals surface area (Å²) in [5, 5.41) is 19.0. The number of nitriles is 2. The van der Waals surface area contributed by atoms with E-state index >= 15 is 0 Å². The maximum atomic E-state index is 14.4. The minimum atomic E-state index is -4.72. The highest BCUT2D eigenvalue weighted by molar-refractivity contribution is 6.29. The maximum absolute atomic E-state index is 14.4. The fourth-order valence-electron chi connectivity index (χ4n) is 3.47. The number of rotatable bonds is 5. The second kappa shape index (κ2) is 12.1. The molecule has 1 aromatic carbocycles. The summed E-state index contributed by atoms with van der Waals surface area (Å²) in [5.41, 5.74) is 5.67. The van der Waals surface area contributed by atoms with Crippen LogP contribution in [0.15, 0.2) is 72.0 Å². The molecule has 0 amide bonds. The largest absolute Gasteiger partial charge is 0.416 e. The molecular formula is C25H22ClF4N5O. The van der Waals surface area contributed by atoms with Gasteiger partial charge in [0.15, 0.2) is 5.76 Å². The molecule has 0 saturated heterocycles. The number of pyridine rings is 1. The third-order valence-electron chi connectivity index (χ3n) is 5.30. The smallest absolute Gasteiger partial charge is 0.390 e. The molecule has 1 aromatic heterocycles. The van der Waals surface area contributed by atoms with E-state index in [1.54, 1.807) is 18.3 Å². The highest BCUT2D eigenvalue weighted by Gasteiger charge is 2.39. The first kappa shape index (κ1) is 28.2. The lowest BCUT2D eigenvalue weighted by Gasteiger charge is -2.34. The Bertz CT molecular complexity index is 1260. The normalized spacial score (nSPS) is 15.5. The number of allylic oxidation sites excluding steroid dienone is 2. The van der Waals surface area contributed by atoms with Gasteiger partial charge in [0.2, 0.25) is 0 Å². The van der Waals surface area contributed by atoms with Gasteiger partial charge in [-0.25, -0.2) is 9.37 Å². The number of halogens is 5. The van der Waals surface area contributed by atoms with Gasteiger partial charge in [0.05, 0.1) is 28.8 Å². The first-order valence-electron chi connectivity index (χ1n) is 10.5. The highest BCUT2D eigenvalue weighted by Crippen LogP contribution is 2.43. The topological polar surface area (TPSA) is 99.0 Å². The van der Waals surface area contributed by atoms with Crippen molar-refractivity contribution in [3.63, 3.8) is 0 Å². The number of aromatic nitrogens is 1. The van der Waals surface area contributed by atoms with E-state index in [9.17, 15) is 22.8 Å². The monoisotopic (exact) mass is 519 g/mol. The zero-order valence-electron chi connectivity index (χ0n) is 19.4. The number of hydrogen-bond acceptors (Lipinski definition) is 6. The molecule has 1 aliphatic heterocycles. The van der Waals surface area contributed by atoms with Crippen molar-refractivity contribution in [2.75, 3.05) is 6.54 Å². The lowest BCUT2D eigenvalue weighted by molar-refractivity contribution is -0.137. The number of ether oxygens (including phenoxy) is 1. The summed E-state index contributed by atoms with van der Waals surface area (Å²) < 4.78 is 58.6. The lowest BCUT2D eigenvalue weighted by atomic mass is 9.85. The summed E-state index contributed by atoms with van der Waals surface area (Å²) in [6, 6.07) is 7.41. The Hall–Kier alpha value is -4.02. The van der Waals surface area contributed by atoms with Crippen LogP contribution >= 0.6 is 11.6 Å². The average molecular weight is 520 g/mol. The van der Waals surface area contributed by atoms with Crippen LogP contribution in [0.1, 0.15) is 36.5 Å². The van der Waals surface area contributed by atoms with Crippen LogP contribution in [0.3, 0.4) is 0 Å². The summed E-state index contributed by atoms with van der Waals surface area (Å²) in [4.78, 5) is 5.32. The Morgan fingerprint density at radius 1 is 1.28 bits per heavy atom. The second-order valence-electron chi connectivity index (χ2n) is 7.46. The number of hydrogen-bond donors (Lipinski definition) is 1. The van der Waals surface area contributed by atoms with Crippen LogP contribution in [0.2, 0.25) is 5.15 Å². The molecule has 1 unspecified atom stereocenters. The highest BCUT2D eigenvalue weighted by atomic mass is 35.5. The molecule has 36 heavy (non-hydrogen) atoms. The Morgan fingerprint density at radius 3 is 2.47 bits per heavy atom. The molecule has 6 nitrogen and oxygen atoms in total. The van der Waals surface area contributed by atoms with Crippen LogP contribution in [0, 0.1) is 28.7 Å². The fraction of sp³-hybridized carbons (Fsp3) is 0.240. The van der Waals surface area contributed by atoms with E-state index in [2.05, 4.69) is 18.5 Å². The molecule has 0 aliphatic carbocycles. The molecular weight excluding hydrogens is 498 g/mol. The summed E-state index contributed by atoms with van der Waals surface area (Å²) in [7, 11) is 0. The zero-order valence-corrected chi connectivity index (χ0v) is 20.2. The molecule has 2 heterocycles. The molecule has 11 heteroatoms. The lowest BCUT2D eigenvalue weighted by Crippen LogP contribution is -2.35. The quantitative estimate of drug-likeness (QED) is 0.220. The molecule has 1 aliphatic rings. The van der Waals surface area contributed by atoms with Gasteiger partial charge < -0.3 is 15.4 Å².